The minimum absolute atomic E-state index is 0.0966. The Bertz CT molecular complexity index is 603. The second-order valence-electron chi connectivity index (χ2n) is 3.84. The molecule has 0 amide bonds. The Balaban J connectivity index is 2.59. The van der Waals surface area contributed by atoms with Crippen molar-refractivity contribution in [1.29, 1.82) is 0 Å². The molecule has 92 valence electrons. The van der Waals surface area contributed by atoms with E-state index < -0.39 is 11.6 Å². The molecule has 4 heteroatoms. The lowest BCUT2D eigenvalue weighted by atomic mass is 9.99. The minimum atomic E-state index is -0.633. The lowest BCUT2D eigenvalue weighted by Crippen LogP contribution is -2.07. The molecule has 2 rings (SSSR count). The van der Waals surface area contributed by atoms with E-state index in [1.54, 1.807) is 25.1 Å². The lowest BCUT2D eigenvalue weighted by molar-refractivity contribution is 0.103. The van der Waals surface area contributed by atoms with Crippen LogP contribution in [0.5, 0.6) is 0 Å². The van der Waals surface area contributed by atoms with Gasteiger partial charge in [0, 0.05) is 10.6 Å². The summed E-state index contributed by atoms with van der Waals surface area (Å²) in [4.78, 5) is 12.3. The van der Waals surface area contributed by atoms with Gasteiger partial charge in [0.1, 0.15) is 5.82 Å². The van der Waals surface area contributed by atoms with E-state index in [4.69, 9.17) is 23.2 Å². The van der Waals surface area contributed by atoms with E-state index >= 15 is 0 Å². The van der Waals surface area contributed by atoms with Gasteiger partial charge in [-0.3, -0.25) is 4.79 Å². The van der Waals surface area contributed by atoms with Gasteiger partial charge in [-0.15, -0.1) is 0 Å². The molecule has 0 saturated heterocycles. The number of hydrogen-bond acceptors (Lipinski definition) is 1. The van der Waals surface area contributed by atoms with Crippen molar-refractivity contribution in [2.24, 2.45) is 0 Å². The van der Waals surface area contributed by atoms with Gasteiger partial charge in [0.2, 0.25) is 0 Å². The lowest BCUT2D eigenvalue weighted by Gasteiger charge is -2.08. The van der Waals surface area contributed by atoms with Gasteiger partial charge in [0.15, 0.2) is 5.78 Å². The molecule has 0 atom stereocenters. The van der Waals surface area contributed by atoms with Crippen molar-refractivity contribution in [1.82, 2.24) is 0 Å². The van der Waals surface area contributed by atoms with Gasteiger partial charge >= 0.3 is 0 Å². The fraction of sp³-hybridized carbons (Fsp3) is 0.0714. The summed E-state index contributed by atoms with van der Waals surface area (Å²) < 4.78 is 13.7. The first-order chi connectivity index (χ1) is 8.52. The largest absolute Gasteiger partial charge is 0.288 e. The van der Waals surface area contributed by atoms with Crippen LogP contribution < -0.4 is 0 Å². The third-order valence-electron chi connectivity index (χ3n) is 2.70. The summed E-state index contributed by atoms with van der Waals surface area (Å²) in [6.07, 6.45) is 0. The summed E-state index contributed by atoms with van der Waals surface area (Å²) in [6.45, 7) is 1.71. The van der Waals surface area contributed by atoms with Gasteiger partial charge in [-0.1, -0.05) is 41.4 Å². The zero-order valence-electron chi connectivity index (χ0n) is 9.51. The van der Waals surface area contributed by atoms with E-state index in [2.05, 4.69) is 0 Å². The first kappa shape index (κ1) is 13.1. The van der Waals surface area contributed by atoms with Crippen LogP contribution in [-0.2, 0) is 0 Å². The molecule has 0 unspecified atom stereocenters. The minimum Gasteiger partial charge on any atom is -0.288 e. The van der Waals surface area contributed by atoms with E-state index in [0.29, 0.717) is 16.1 Å². The number of carbonyl (C=O) groups is 1. The molecule has 0 heterocycles. The molecule has 0 radical (unpaired) electrons. The second kappa shape index (κ2) is 5.09. The van der Waals surface area contributed by atoms with Crippen LogP contribution in [0.3, 0.4) is 0 Å². The van der Waals surface area contributed by atoms with Crippen LogP contribution in [0, 0.1) is 12.7 Å². The van der Waals surface area contributed by atoms with Crippen LogP contribution in [0.4, 0.5) is 4.39 Å². The maximum Gasteiger partial charge on any atom is 0.197 e. The molecule has 2 aromatic rings. The molecule has 0 aliphatic heterocycles. The Hall–Kier alpha value is -1.38. The number of rotatable bonds is 2. The monoisotopic (exact) mass is 282 g/mol. The predicted octanol–water partition coefficient (Wildman–Crippen LogP) is 4.67. The maximum atomic E-state index is 13.7. The van der Waals surface area contributed by atoms with Crippen LogP contribution in [-0.4, -0.2) is 5.78 Å². The average molecular weight is 283 g/mol. The van der Waals surface area contributed by atoms with E-state index in [1.807, 2.05) is 0 Å². The fourth-order valence-corrected chi connectivity index (χ4v) is 2.13. The van der Waals surface area contributed by atoms with Crippen molar-refractivity contribution in [2.45, 2.75) is 6.92 Å². The van der Waals surface area contributed by atoms with Crippen molar-refractivity contribution in [3.8, 4) is 0 Å². The van der Waals surface area contributed by atoms with E-state index in [1.165, 1.54) is 18.2 Å². The molecule has 18 heavy (non-hydrogen) atoms. The maximum absolute atomic E-state index is 13.7. The van der Waals surface area contributed by atoms with E-state index in [0.717, 1.165) is 0 Å². The van der Waals surface area contributed by atoms with Crippen LogP contribution >= 0.6 is 23.2 Å². The smallest absolute Gasteiger partial charge is 0.197 e. The Kier molecular flexibility index (Phi) is 3.69. The van der Waals surface area contributed by atoms with Crippen molar-refractivity contribution in [3.63, 3.8) is 0 Å². The number of carbonyl (C=O) groups excluding carboxylic acids is 1. The highest BCUT2D eigenvalue weighted by molar-refractivity contribution is 6.35. The van der Waals surface area contributed by atoms with Crippen molar-refractivity contribution < 1.29 is 9.18 Å². The Morgan fingerprint density at radius 1 is 1.06 bits per heavy atom. The molecule has 0 bridgehead atoms. The summed E-state index contributed by atoms with van der Waals surface area (Å²) in [5.74, 6) is -1.09. The Labute approximate surface area is 114 Å². The molecule has 2 aromatic carbocycles. The van der Waals surface area contributed by atoms with E-state index in [9.17, 15) is 9.18 Å². The highest BCUT2D eigenvalue weighted by Crippen LogP contribution is 2.26. The Morgan fingerprint density at radius 2 is 1.67 bits per heavy atom. The molecule has 0 aliphatic carbocycles. The molecular formula is C14H9Cl2FO. The van der Waals surface area contributed by atoms with Crippen molar-refractivity contribution >= 4 is 29.0 Å². The summed E-state index contributed by atoms with van der Waals surface area (Å²) in [5, 5.41) is 0.563. The normalized spacial score (nSPS) is 10.4. The third kappa shape index (κ3) is 2.26. The SMILES string of the molecule is Cc1c(Cl)cccc1C(=O)c1c(F)cccc1Cl. The third-order valence-corrected chi connectivity index (χ3v) is 3.43. The average Bonchev–Trinajstić information content (AvgIpc) is 2.32. The van der Waals surface area contributed by atoms with Gasteiger partial charge in [0.05, 0.1) is 10.6 Å². The number of hydrogen-bond donors (Lipinski definition) is 0. The standard InChI is InChI=1S/C14H9Cl2FO/c1-8-9(4-2-5-10(8)15)14(18)13-11(16)6-3-7-12(13)17/h2-7H,1H3. The number of benzene rings is 2. The molecule has 0 aromatic heterocycles. The topological polar surface area (TPSA) is 17.1 Å². The molecule has 0 fully saturated rings. The van der Waals surface area contributed by atoms with Gasteiger partial charge in [0.25, 0.3) is 0 Å². The highest BCUT2D eigenvalue weighted by atomic mass is 35.5. The van der Waals surface area contributed by atoms with Crippen LogP contribution in [0.2, 0.25) is 10.0 Å². The van der Waals surface area contributed by atoms with Gasteiger partial charge < -0.3 is 0 Å². The van der Waals surface area contributed by atoms with Crippen LogP contribution in [0.15, 0.2) is 36.4 Å². The first-order valence-electron chi connectivity index (χ1n) is 5.26. The summed E-state index contributed by atoms with van der Waals surface area (Å²) in [6, 6.07) is 9.08. The predicted molar refractivity (Wildman–Crippen MR) is 71.0 cm³/mol. The summed E-state index contributed by atoms with van der Waals surface area (Å²) in [5.41, 5.74) is 0.850. The molecule has 0 spiro atoms. The van der Waals surface area contributed by atoms with Gasteiger partial charge in [-0.2, -0.15) is 0 Å². The first-order valence-corrected chi connectivity index (χ1v) is 6.02. The molecule has 0 aliphatic rings. The number of halogens is 3. The van der Waals surface area contributed by atoms with Crippen LogP contribution in [0.25, 0.3) is 0 Å². The van der Waals surface area contributed by atoms with Gasteiger partial charge in [-0.05, 0) is 30.7 Å². The van der Waals surface area contributed by atoms with Crippen LogP contribution in [0.1, 0.15) is 21.5 Å². The summed E-state index contributed by atoms with van der Waals surface area (Å²) in [7, 11) is 0. The zero-order chi connectivity index (χ0) is 13.3. The van der Waals surface area contributed by atoms with Crippen molar-refractivity contribution in [2.75, 3.05) is 0 Å². The summed E-state index contributed by atoms with van der Waals surface area (Å²) >= 11 is 11.8. The molecular weight excluding hydrogens is 274 g/mol. The van der Waals surface area contributed by atoms with E-state index in [-0.39, 0.29) is 10.6 Å². The zero-order valence-corrected chi connectivity index (χ0v) is 11.0. The molecule has 0 saturated carbocycles. The molecule has 0 N–H and O–H groups in total. The fourth-order valence-electron chi connectivity index (χ4n) is 1.70. The number of ketones is 1. The Morgan fingerprint density at radius 3 is 2.33 bits per heavy atom. The van der Waals surface area contributed by atoms with Gasteiger partial charge in [-0.25, -0.2) is 4.39 Å². The second-order valence-corrected chi connectivity index (χ2v) is 4.65. The quantitative estimate of drug-likeness (QED) is 0.732. The molecule has 1 nitrogen and oxygen atoms in total. The highest BCUT2D eigenvalue weighted by Gasteiger charge is 2.19. The van der Waals surface area contributed by atoms with Crippen molar-refractivity contribution in [3.05, 3.63) is 69.0 Å².